The van der Waals surface area contributed by atoms with Crippen LogP contribution in [0.25, 0.3) is 42.0 Å². The molecule has 16 heteroatoms. The molecule has 308 valence electrons. The largest absolute Gasteiger partial charge is 0.453 e. The number of H-pyrrole nitrogens is 2. The van der Waals surface area contributed by atoms with Crippen molar-refractivity contribution in [2.45, 2.75) is 83.8 Å². The number of nitrogens with zero attached hydrogens (tertiary/aromatic N) is 4. The Morgan fingerprint density at radius 1 is 0.724 bits per heavy atom. The first kappa shape index (κ1) is 41.1. The molecule has 0 radical (unpaired) electrons. The predicted molar refractivity (Wildman–Crippen MR) is 225 cm³/mol. The topological polar surface area (TPSA) is 178 Å². The number of hydrogen-bond acceptors (Lipinski definition) is 11. The van der Waals surface area contributed by atoms with E-state index in [1.54, 1.807) is 22.7 Å². The van der Waals surface area contributed by atoms with Crippen LogP contribution in [0.5, 0.6) is 0 Å². The smallest absolute Gasteiger partial charge is 0.407 e. The van der Waals surface area contributed by atoms with Gasteiger partial charge in [-0.15, -0.1) is 22.7 Å². The lowest BCUT2D eigenvalue weighted by atomic mass is 10.0. The zero-order chi connectivity index (χ0) is 41.1. The van der Waals surface area contributed by atoms with Crippen LogP contribution in [0.2, 0.25) is 0 Å². The molecule has 2 saturated heterocycles. The number of methoxy groups -OCH3 is 2. The van der Waals surface area contributed by atoms with Crippen LogP contribution in [0.3, 0.4) is 0 Å². The first-order valence-corrected chi connectivity index (χ1v) is 21.4. The van der Waals surface area contributed by atoms with Gasteiger partial charge in [-0.05, 0) is 72.9 Å². The Balaban J connectivity index is 0.998. The normalized spacial score (nSPS) is 18.7. The Morgan fingerprint density at radius 2 is 1.22 bits per heavy atom. The number of rotatable bonds is 13. The molecule has 6 heterocycles. The van der Waals surface area contributed by atoms with E-state index in [2.05, 4.69) is 69.1 Å². The van der Waals surface area contributed by atoms with Crippen molar-refractivity contribution in [2.75, 3.05) is 27.3 Å². The molecule has 0 saturated carbocycles. The van der Waals surface area contributed by atoms with Crippen LogP contribution in [0.1, 0.15) is 77.1 Å². The minimum atomic E-state index is -0.884. The highest BCUT2D eigenvalue weighted by Crippen LogP contribution is 2.40. The van der Waals surface area contributed by atoms with Crippen molar-refractivity contribution in [3.05, 3.63) is 72.6 Å². The number of likely N-dealkylation sites (tertiary alicyclic amines) is 2. The van der Waals surface area contributed by atoms with E-state index in [0.29, 0.717) is 13.1 Å². The molecule has 5 N–H and O–H groups in total. The highest BCUT2D eigenvalue weighted by Gasteiger charge is 2.39. The highest BCUT2D eigenvalue weighted by molar-refractivity contribution is 7.19. The summed E-state index contributed by atoms with van der Waals surface area (Å²) in [6.07, 6.45) is 5.04. The first-order valence-electron chi connectivity index (χ1n) is 19.8. The Morgan fingerprint density at radius 3 is 1.76 bits per heavy atom. The van der Waals surface area contributed by atoms with E-state index in [9.17, 15) is 19.5 Å². The monoisotopic (exact) mass is 828 g/mol. The third-order valence-electron chi connectivity index (χ3n) is 11.1. The third-order valence-corrected chi connectivity index (χ3v) is 13.4. The lowest BCUT2D eigenvalue weighted by Crippen LogP contribution is -2.54. The molecular weight excluding hydrogens is 777 g/mol. The van der Waals surface area contributed by atoms with E-state index in [4.69, 9.17) is 19.4 Å². The summed E-state index contributed by atoms with van der Waals surface area (Å²) >= 11 is 3.37. The summed E-state index contributed by atoms with van der Waals surface area (Å²) in [6.45, 7) is 9.05. The maximum atomic E-state index is 13.6. The van der Waals surface area contributed by atoms with Crippen LogP contribution in [0.4, 0.5) is 9.59 Å². The fourth-order valence-electron chi connectivity index (χ4n) is 7.92. The van der Waals surface area contributed by atoms with Crippen molar-refractivity contribution >= 4 is 40.8 Å². The zero-order valence-corrected chi connectivity index (χ0v) is 35.3. The molecule has 0 bridgehead atoms. The average Bonchev–Trinajstić information content (AvgIpc) is 4.07. The highest BCUT2D eigenvalue weighted by atomic mass is 32.1. The Labute approximate surface area is 346 Å². The van der Waals surface area contributed by atoms with Gasteiger partial charge < -0.3 is 40.1 Å². The summed E-state index contributed by atoms with van der Waals surface area (Å²) in [5, 5.41) is 16.9. The number of benzene rings is 1. The molecule has 2 aliphatic heterocycles. The lowest BCUT2D eigenvalue weighted by Gasteiger charge is -2.35. The molecular formula is C42H52N8O6S2. The van der Waals surface area contributed by atoms with Crippen molar-refractivity contribution in [3.63, 3.8) is 0 Å². The van der Waals surface area contributed by atoms with Gasteiger partial charge in [-0.2, -0.15) is 0 Å². The third kappa shape index (κ3) is 8.70. The molecule has 5 aromatic rings. The molecule has 2 aliphatic rings. The number of aromatic amines is 2. The summed E-state index contributed by atoms with van der Waals surface area (Å²) in [7, 11) is 2.62. The van der Waals surface area contributed by atoms with Crippen molar-refractivity contribution in [1.82, 2.24) is 40.4 Å². The van der Waals surface area contributed by atoms with Gasteiger partial charge in [0.15, 0.2) is 0 Å². The summed E-state index contributed by atoms with van der Waals surface area (Å²) in [5.74, 6) is 1.31. The number of nitrogens with one attached hydrogen (secondary N) is 4. The van der Waals surface area contributed by atoms with Gasteiger partial charge in [-0.25, -0.2) is 19.6 Å². The Bertz CT molecular complexity index is 2190. The van der Waals surface area contributed by atoms with Gasteiger partial charge in [-0.3, -0.25) is 9.69 Å². The van der Waals surface area contributed by atoms with Crippen LogP contribution in [0, 0.1) is 11.8 Å². The minimum absolute atomic E-state index is 0.00188. The number of carbonyl (C=O) groups is 3. The van der Waals surface area contributed by atoms with Gasteiger partial charge in [0.25, 0.3) is 0 Å². The van der Waals surface area contributed by atoms with E-state index in [0.717, 1.165) is 79.4 Å². The van der Waals surface area contributed by atoms with E-state index in [1.807, 2.05) is 49.9 Å². The second-order valence-corrected chi connectivity index (χ2v) is 17.7. The maximum absolute atomic E-state index is 13.6. The quantitative estimate of drug-likeness (QED) is 0.0792. The molecule has 14 nitrogen and oxygen atoms in total. The minimum Gasteiger partial charge on any atom is -0.453 e. The van der Waals surface area contributed by atoms with Crippen molar-refractivity contribution < 1.29 is 29.0 Å². The zero-order valence-electron chi connectivity index (χ0n) is 33.7. The van der Waals surface area contributed by atoms with Crippen molar-refractivity contribution in [2.24, 2.45) is 11.8 Å². The number of aliphatic hydroxyl groups is 1. The number of carbonyl (C=O) groups excluding carboxylic acids is 3. The number of ether oxygens (including phenoxy) is 2. The van der Waals surface area contributed by atoms with Crippen LogP contribution in [-0.2, 0) is 14.3 Å². The van der Waals surface area contributed by atoms with E-state index in [1.165, 1.54) is 14.2 Å². The Hall–Kier alpha value is -5.03. The molecule has 4 aromatic heterocycles. The maximum Gasteiger partial charge on any atom is 0.407 e. The predicted octanol–water partition coefficient (Wildman–Crippen LogP) is 7.80. The molecule has 7 rings (SSSR count). The molecule has 58 heavy (non-hydrogen) atoms. The SMILES string of the molecule is COC(=O)N[C@@H](C(C)C)C(O)N1CCC[C@H]1c1ncc(-c2ccc(-c3ccc(-c4ccc(-c5cnc([C@@H]6CCCN6C(=O)[C@@H](NC(=O)OC)C(C)C)[nH]5)s4)cc3)s2)[nH]1. The molecule has 0 spiro atoms. The van der Waals surface area contributed by atoms with Crippen LogP contribution in [0.15, 0.2) is 60.9 Å². The standard InChI is InChI=1S/C42H52N8O6S2/c1-23(2)35(47-41(53)55-5)39(51)49-19-7-9-29(49)37-43-21-27(45-37)33-17-15-31(57-33)25-11-13-26(14-12-25)32-16-18-34(58-32)28-22-44-38(46-28)30-10-8-20-50(30)40(52)36(24(3)4)48-42(54)56-6/h11-18,21-24,29-30,35-36,39,51H,7-10,19-20H2,1-6H3,(H,43,45)(H,44,46)(H,47,53)(H,48,54)/t29-,30-,35-,36-,39?/m0/s1. The van der Waals surface area contributed by atoms with Gasteiger partial charge in [0.1, 0.15) is 23.9 Å². The summed E-state index contributed by atoms with van der Waals surface area (Å²) in [4.78, 5) is 62.2. The van der Waals surface area contributed by atoms with E-state index in [-0.39, 0.29) is 29.8 Å². The van der Waals surface area contributed by atoms with Gasteiger partial charge in [0.05, 0.1) is 65.9 Å². The lowest BCUT2D eigenvalue weighted by molar-refractivity contribution is -0.135. The van der Waals surface area contributed by atoms with E-state index >= 15 is 0 Å². The fraction of sp³-hybridized carbons (Fsp3) is 0.452. The number of amides is 3. The van der Waals surface area contributed by atoms with E-state index < -0.39 is 30.5 Å². The number of aliphatic hydroxyl groups excluding tert-OH is 1. The average molecular weight is 829 g/mol. The first-order chi connectivity index (χ1) is 27.9. The number of thiophene rings is 2. The van der Waals surface area contributed by atoms with Gasteiger partial charge >= 0.3 is 12.2 Å². The molecule has 0 aliphatic carbocycles. The van der Waals surface area contributed by atoms with Crippen molar-refractivity contribution in [3.8, 4) is 42.0 Å². The number of aromatic nitrogens is 4. The molecule has 1 unspecified atom stereocenters. The summed E-state index contributed by atoms with van der Waals surface area (Å²) in [6, 6.07) is 15.6. The van der Waals surface area contributed by atoms with Gasteiger partial charge in [0, 0.05) is 22.8 Å². The molecule has 3 amide bonds. The second kappa shape index (κ2) is 17.9. The Kier molecular flexibility index (Phi) is 12.7. The number of alkyl carbamates (subject to hydrolysis) is 2. The van der Waals surface area contributed by atoms with Crippen molar-refractivity contribution in [1.29, 1.82) is 0 Å². The van der Waals surface area contributed by atoms with Gasteiger partial charge in [-0.1, -0.05) is 52.0 Å². The second-order valence-electron chi connectivity index (χ2n) is 15.5. The molecule has 5 atom stereocenters. The van der Waals surface area contributed by atoms with Crippen LogP contribution in [-0.4, -0.2) is 98.6 Å². The summed E-state index contributed by atoms with van der Waals surface area (Å²) in [5.41, 5.74) is 4.06. The fourth-order valence-corrected chi connectivity index (χ4v) is 9.87. The number of imidazole rings is 2. The molecule has 1 aromatic carbocycles. The summed E-state index contributed by atoms with van der Waals surface area (Å²) < 4.78 is 9.57. The van der Waals surface area contributed by atoms with Crippen LogP contribution >= 0.6 is 22.7 Å². The van der Waals surface area contributed by atoms with Gasteiger partial charge in [0.2, 0.25) is 5.91 Å². The van der Waals surface area contributed by atoms with Crippen LogP contribution < -0.4 is 10.6 Å². The number of hydrogen-bond donors (Lipinski definition) is 5. The molecule has 2 fully saturated rings.